The lowest BCUT2D eigenvalue weighted by molar-refractivity contribution is -0.137. The molecule has 1 aromatic heterocycles. The Hall–Kier alpha value is -2.51. The number of rotatable bonds is 4. The minimum atomic E-state index is -1.41. The number of benzene rings is 1. The van der Waals surface area contributed by atoms with E-state index < -0.39 is 29.1 Å². The third-order valence-corrected chi connectivity index (χ3v) is 4.34. The fourth-order valence-corrected chi connectivity index (χ4v) is 2.93. The van der Waals surface area contributed by atoms with Crippen LogP contribution < -0.4 is 5.56 Å². The molecule has 1 aliphatic heterocycles. The summed E-state index contributed by atoms with van der Waals surface area (Å²) >= 11 is 5.96. The number of carbonyl (C=O) groups is 2. The SMILES string of the molecule is O=C(c1ccc(F)cc1)[C@H](C(=O)N1CCOCC1)n1cc(Cl)ccc1=O. The number of carbonyl (C=O) groups excluding carboxylic acids is 2. The van der Waals surface area contributed by atoms with Crippen molar-refractivity contribution in [3.8, 4) is 0 Å². The van der Waals surface area contributed by atoms with Gasteiger partial charge in [-0.05, 0) is 30.3 Å². The summed E-state index contributed by atoms with van der Waals surface area (Å²) in [5, 5.41) is 0.219. The Kier molecular flexibility index (Phi) is 5.49. The zero-order chi connectivity index (χ0) is 18.7. The Morgan fingerprint density at radius 1 is 1.08 bits per heavy atom. The molecule has 136 valence electrons. The van der Waals surface area contributed by atoms with E-state index in [9.17, 15) is 18.8 Å². The maximum atomic E-state index is 13.2. The Balaban J connectivity index is 2.04. The zero-order valence-corrected chi connectivity index (χ0v) is 14.5. The van der Waals surface area contributed by atoms with Crippen molar-refractivity contribution in [1.29, 1.82) is 0 Å². The zero-order valence-electron chi connectivity index (χ0n) is 13.7. The molecular weight excluding hydrogens is 363 g/mol. The third-order valence-electron chi connectivity index (χ3n) is 4.11. The quantitative estimate of drug-likeness (QED) is 0.602. The molecule has 1 atom stereocenters. The normalized spacial score (nSPS) is 15.5. The van der Waals surface area contributed by atoms with Gasteiger partial charge in [0.25, 0.3) is 11.5 Å². The topological polar surface area (TPSA) is 68.6 Å². The standard InChI is InChI=1S/C18H16ClFN2O4/c19-13-3-6-15(23)22(11-13)16(18(25)21-7-9-26-10-8-21)17(24)12-1-4-14(20)5-2-12/h1-6,11,16H,7-10H2/t16-/m1/s1. The summed E-state index contributed by atoms with van der Waals surface area (Å²) in [4.78, 5) is 39.8. The van der Waals surface area contributed by atoms with E-state index in [1.54, 1.807) is 0 Å². The third kappa shape index (κ3) is 3.84. The molecule has 0 N–H and O–H groups in total. The number of hydrogen-bond acceptors (Lipinski definition) is 4. The average Bonchev–Trinajstić information content (AvgIpc) is 2.66. The summed E-state index contributed by atoms with van der Waals surface area (Å²) in [5.74, 6) is -1.63. The number of Topliss-reactive ketones (excluding diaryl/α,β-unsaturated/α-hetero) is 1. The number of amides is 1. The molecule has 2 aromatic rings. The highest BCUT2D eigenvalue weighted by atomic mass is 35.5. The molecule has 0 spiro atoms. The van der Waals surface area contributed by atoms with Gasteiger partial charge in [0.1, 0.15) is 5.82 Å². The van der Waals surface area contributed by atoms with Gasteiger partial charge in [0.05, 0.1) is 18.2 Å². The van der Waals surface area contributed by atoms with Crippen LogP contribution in [0.2, 0.25) is 5.02 Å². The summed E-state index contributed by atoms with van der Waals surface area (Å²) < 4.78 is 19.4. The number of pyridine rings is 1. The maximum Gasteiger partial charge on any atom is 0.254 e. The molecule has 3 rings (SSSR count). The van der Waals surface area contributed by atoms with E-state index in [4.69, 9.17) is 16.3 Å². The van der Waals surface area contributed by atoms with Gasteiger partial charge in [0, 0.05) is 30.9 Å². The van der Waals surface area contributed by atoms with Gasteiger partial charge in [-0.15, -0.1) is 0 Å². The van der Waals surface area contributed by atoms with Gasteiger partial charge < -0.3 is 9.64 Å². The number of nitrogens with zero attached hydrogens (tertiary/aromatic N) is 2. The first-order valence-corrected chi connectivity index (χ1v) is 8.39. The molecule has 0 bridgehead atoms. The lowest BCUT2D eigenvalue weighted by Gasteiger charge is -2.30. The first-order valence-electron chi connectivity index (χ1n) is 8.01. The number of hydrogen-bond donors (Lipinski definition) is 0. The van der Waals surface area contributed by atoms with Crippen molar-refractivity contribution in [2.75, 3.05) is 26.3 Å². The second-order valence-corrected chi connectivity index (χ2v) is 6.24. The minimum absolute atomic E-state index is 0.130. The molecule has 1 saturated heterocycles. The summed E-state index contributed by atoms with van der Waals surface area (Å²) in [6.07, 6.45) is 1.26. The molecule has 8 heteroatoms. The fourth-order valence-electron chi connectivity index (χ4n) is 2.76. The van der Waals surface area contributed by atoms with Crippen molar-refractivity contribution in [2.45, 2.75) is 6.04 Å². The van der Waals surface area contributed by atoms with E-state index in [-0.39, 0.29) is 10.6 Å². The van der Waals surface area contributed by atoms with Gasteiger partial charge in [0.15, 0.2) is 11.8 Å². The van der Waals surface area contributed by atoms with Crippen molar-refractivity contribution in [3.05, 3.63) is 69.4 Å². The van der Waals surface area contributed by atoms with E-state index in [1.165, 1.54) is 35.4 Å². The summed E-state index contributed by atoms with van der Waals surface area (Å²) in [6, 6.07) is 6.00. The van der Waals surface area contributed by atoms with Gasteiger partial charge in [-0.1, -0.05) is 11.6 Å². The molecule has 0 aliphatic carbocycles. The first-order chi connectivity index (χ1) is 12.5. The first kappa shape index (κ1) is 18.3. The van der Waals surface area contributed by atoms with E-state index in [0.29, 0.717) is 26.3 Å². The van der Waals surface area contributed by atoms with Gasteiger partial charge in [-0.2, -0.15) is 0 Å². The van der Waals surface area contributed by atoms with Crippen molar-refractivity contribution in [2.24, 2.45) is 0 Å². The molecule has 0 unspecified atom stereocenters. The average molecular weight is 379 g/mol. The fraction of sp³-hybridized carbons (Fsp3) is 0.278. The molecule has 0 radical (unpaired) electrons. The lowest BCUT2D eigenvalue weighted by Crippen LogP contribution is -2.48. The monoisotopic (exact) mass is 378 g/mol. The van der Waals surface area contributed by atoms with Crippen LogP contribution in [0.25, 0.3) is 0 Å². The Morgan fingerprint density at radius 3 is 2.38 bits per heavy atom. The van der Waals surface area contributed by atoms with Crippen molar-refractivity contribution >= 4 is 23.3 Å². The summed E-state index contributed by atoms with van der Waals surface area (Å²) in [6.45, 7) is 1.35. The Labute approximate surface area is 153 Å². The highest BCUT2D eigenvalue weighted by Crippen LogP contribution is 2.19. The summed E-state index contributed by atoms with van der Waals surface area (Å²) in [7, 11) is 0. The van der Waals surface area contributed by atoms with Gasteiger partial charge in [-0.3, -0.25) is 19.0 Å². The van der Waals surface area contributed by atoms with Crippen LogP contribution in [-0.4, -0.2) is 47.5 Å². The highest BCUT2D eigenvalue weighted by molar-refractivity contribution is 6.30. The summed E-state index contributed by atoms with van der Waals surface area (Å²) in [5.41, 5.74) is -0.402. The van der Waals surface area contributed by atoms with Crippen LogP contribution in [0.15, 0.2) is 47.4 Å². The molecule has 2 heterocycles. The maximum absolute atomic E-state index is 13.2. The van der Waals surface area contributed by atoms with Crippen LogP contribution in [0.3, 0.4) is 0 Å². The predicted molar refractivity (Wildman–Crippen MR) is 92.9 cm³/mol. The van der Waals surface area contributed by atoms with Crippen molar-refractivity contribution in [1.82, 2.24) is 9.47 Å². The number of aromatic nitrogens is 1. The number of morpholine rings is 1. The number of ether oxygens (including phenoxy) is 1. The predicted octanol–water partition coefficient (Wildman–Crippen LogP) is 1.92. The van der Waals surface area contributed by atoms with Crippen LogP contribution >= 0.6 is 11.6 Å². The van der Waals surface area contributed by atoms with Crippen molar-refractivity contribution < 1.29 is 18.7 Å². The largest absolute Gasteiger partial charge is 0.378 e. The van der Waals surface area contributed by atoms with Crippen LogP contribution in [0, 0.1) is 5.82 Å². The van der Waals surface area contributed by atoms with Gasteiger partial charge in [0.2, 0.25) is 0 Å². The molecular formula is C18H16ClFN2O4. The highest BCUT2D eigenvalue weighted by Gasteiger charge is 2.34. The van der Waals surface area contributed by atoms with Crippen LogP contribution in [0.5, 0.6) is 0 Å². The molecule has 1 aliphatic rings. The van der Waals surface area contributed by atoms with Crippen LogP contribution in [0.1, 0.15) is 16.4 Å². The van der Waals surface area contributed by atoms with E-state index in [2.05, 4.69) is 0 Å². The van der Waals surface area contributed by atoms with Crippen LogP contribution in [-0.2, 0) is 9.53 Å². The van der Waals surface area contributed by atoms with E-state index in [1.807, 2.05) is 0 Å². The minimum Gasteiger partial charge on any atom is -0.378 e. The molecule has 6 nitrogen and oxygen atoms in total. The molecule has 1 fully saturated rings. The molecule has 1 aromatic carbocycles. The Morgan fingerprint density at radius 2 is 1.73 bits per heavy atom. The van der Waals surface area contributed by atoms with Gasteiger partial charge in [-0.25, -0.2) is 4.39 Å². The number of halogens is 2. The van der Waals surface area contributed by atoms with Gasteiger partial charge >= 0.3 is 0 Å². The van der Waals surface area contributed by atoms with Crippen molar-refractivity contribution in [3.63, 3.8) is 0 Å². The smallest absolute Gasteiger partial charge is 0.254 e. The lowest BCUT2D eigenvalue weighted by atomic mass is 10.0. The molecule has 1 amide bonds. The van der Waals surface area contributed by atoms with Crippen LogP contribution in [0.4, 0.5) is 4.39 Å². The Bertz CT molecular complexity index is 876. The van der Waals surface area contributed by atoms with E-state index >= 15 is 0 Å². The molecule has 26 heavy (non-hydrogen) atoms. The van der Waals surface area contributed by atoms with E-state index in [0.717, 1.165) is 16.7 Å². The second kappa shape index (κ2) is 7.80. The second-order valence-electron chi connectivity index (χ2n) is 5.80. The molecule has 0 saturated carbocycles. The number of ketones is 1.